The number of phenolic OH excluding ortho intramolecular Hbond substituents is 1. The lowest BCUT2D eigenvalue weighted by Gasteiger charge is -2.11. The predicted octanol–water partition coefficient (Wildman–Crippen LogP) is 4.20. The van der Waals surface area contributed by atoms with Crippen LogP contribution in [0.1, 0.15) is 60.9 Å². The van der Waals surface area contributed by atoms with E-state index in [0.29, 0.717) is 11.1 Å². The zero-order valence-electron chi connectivity index (χ0n) is 17.3. The SMILES string of the molecule is Cc1cc(/C=N\NC(=O)c2ccc(O)cc2)c(C)n1-c1sc2c(c1C(=O)O)CCCC2. The highest BCUT2D eigenvalue weighted by atomic mass is 32.1. The molecule has 0 bridgehead atoms. The Balaban J connectivity index is 1.62. The van der Waals surface area contributed by atoms with Crippen molar-refractivity contribution >= 4 is 29.4 Å². The molecule has 31 heavy (non-hydrogen) atoms. The van der Waals surface area contributed by atoms with Crippen LogP contribution >= 0.6 is 11.3 Å². The van der Waals surface area contributed by atoms with Gasteiger partial charge in [0.25, 0.3) is 5.91 Å². The number of thiophene rings is 1. The van der Waals surface area contributed by atoms with E-state index in [0.717, 1.165) is 53.2 Å². The first kappa shape index (κ1) is 20.9. The molecule has 0 saturated carbocycles. The monoisotopic (exact) mass is 437 g/mol. The molecule has 4 rings (SSSR count). The normalized spacial score (nSPS) is 13.4. The van der Waals surface area contributed by atoms with Gasteiger partial charge in [-0.1, -0.05) is 0 Å². The zero-order chi connectivity index (χ0) is 22.1. The Kier molecular flexibility index (Phi) is 5.65. The largest absolute Gasteiger partial charge is 0.508 e. The molecule has 160 valence electrons. The minimum Gasteiger partial charge on any atom is -0.508 e. The zero-order valence-corrected chi connectivity index (χ0v) is 18.1. The van der Waals surface area contributed by atoms with Crippen LogP contribution < -0.4 is 5.43 Å². The van der Waals surface area contributed by atoms with Crippen molar-refractivity contribution in [2.45, 2.75) is 39.5 Å². The number of nitrogens with zero attached hydrogens (tertiary/aromatic N) is 2. The van der Waals surface area contributed by atoms with Gasteiger partial charge < -0.3 is 14.8 Å². The molecule has 0 radical (unpaired) electrons. The summed E-state index contributed by atoms with van der Waals surface area (Å²) in [7, 11) is 0. The number of rotatable bonds is 5. The lowest BCUT2D eigenvalue weighted by atomic mass is 9.95. The van der Waals surface area contributed by atoms with Crippen LogP contribution in [0.4, 0.5) is 0 Å². The number of carboxylic acids is 1. The molecule has 0 atom stereocenters. The smallest absolute Gasteiger partial charge is 0.339 e. The van der Waals surface area contributed by atoms with E-state index in [-0.39, 0.29) is 11.7 Å². The number of hydrogen-bond donors (Lipinski definition) is 3. The topological polar surface area (TPSA) is 104 Å². The molecule has 1 aromatic carbocycles. The Morgan fingerprint density at radius 3 is 2.58 bits per heavy atom. The molecule has 3 N–H and O–H groups in total. The van der Waals surface area contributed by atoms with Gasteiger partial charge in [0.2, 0.25) is 0 Å². The summed E-state index contributed by atoms with van der Waals surface area (Å²) in [6.45, 7) is 3.85. The van der Waals surface area contributed by atoms with Gasteiger partial charge in [-0.25, -0.2) is 10.2 Å². The molecule has 0 aliphatic heterocycles. The van der Waals surface area contributed by atoms with Crippen molar-refractivity contribution in [3.63, 3.8) is 0 Å². The number of carboxylic acid groups (broad SMARTS) is 1. The van der Waals surface area contributed by atoms with Gasteiger partial charge in [0.05, 0.1) is 11.8 Å². The van der Waals surface area contributed by atoms with E-state index in [1.165, 1.54) is 29.1 Å². The number of phenols is 1. The number of benzene rings is 1. The number of aromatic nitrogens is 1. The van der Waals surface area contributed by atoms with Crippen molar-refractivity contribution in [1.29, 1.82) is 0 Å². The maximum atomic E-state index is 12.2. The van der Waals surface area contributed by atoms with Crippen molar-refractivity contribution in [2.75, 3.05) is 0 Å². The average molecular weight is 438 g/mol. The van der Waals surface area contributed by atoms with Gasteiger partial charge in [0, 0.05) is 27.4 Å². The number of aryl methyl sites for hydroxylation is 2. The molecular weight excluding hydrogens is 414 g/mol. The molecular formula is C23H23N3O4S. The fourth-order valence-corrected chi connectivity index (χ4v) is 5.49. The van der Waals surface area contributed by atoms with Crippen molar-refractivity contribution < 1.29 is 19.8 Å². The summed E-state index contributed by atoms with van der Waals surface area (Å²) >= 11 is 1.56. The Labute approximate surface area is 183 Å². The van der Waals surface area contributed by atoms with Crippen LogP contribution in [0.3, 0.4) is 0 Å². The van der Waals surface area contributed by atoms with Crippen molar-refractivity contribution in [2.24, 2.45) is 5.10 Å². The number of nitrogens with one attached hydrogen (secondary N) is 1. The summed E-state index contributed by atoms with van der Waals surface area (Å²) in [5, 5.41) is 24.0. The van der Waals surface area contributed by atoms with Gasteiger partial charge in [-0.2, -0.15) is 5.10 Å². The van der Waals surface area contributed by atoms with E-state index in [9.17, 15) is 19.8 Å². The van der Waals surface area contributed by atoms with E-state index in [1.807, 2.05) is 24.5 Å². The fourth-order valence-electron chi connectivity index (χ4n) is 4.00. The van der Waals surface area contributed by atoms with E-state index in [2.05, 4.69) is 10.5 Å². The number of hydrazone groups is 1. The summed E-state index contributed by atoms with van der Waals surface area (Å²) in [6.07, 6.45) is 5.41. The lowest BCUT2D eigenvalue weighted by molar-refractivity contribution is 0.0695. The van der Waals surface area contributed by atoms with Gasteiger partial charge in [-0.05, 0) is 75.4 Å². The van der Waals surface area contributed by atoms with Gasteiger partial charge >= 0.3 is 5.97 Å². The Morgan fingerprint density at radius 2 is 1.87 bits per heavy atom. The second-order valence-corrected chi connectivity index (χ2v) is 8.69. The molecule has 1 aliphatic rings. The van der Waals surface area contributed by atoms with Crippen LogP contribution in [0.25, 0.3) is 5.00 Å². The van der Waals surface area contributed by atoms with Crippen LogP contribution in [0, 0.1) is 13.8 Å². The molecule has 3 aromatic rings. The molecule has 0 fully saturated rings. The molecule has 2 heterocycles. The van der Waals surface area contributed by atoms with E-state index < -0.39 is 5.97 Å². The van der Waals surface area contributed by atoms with Crippen LogP contribution in [0.15, 0.2) is 35.4 Å². The van der Waals surface area contributed by atoms with E-state index in [1.54, 1.807) is 17.6 Å². The number of amides is 1. The Hall–Kier alpha value is -3.39. The highest BCUT2D eigenvalue weighted by Gasteiger charge is 2.27. The van der Waals surface area contributed by atoms with Crippen molar-refractivity contribution in [1.82, 2.24) is 9.99 Å². The minimum atomic E-state index is -0.890. The van der Waals surface area contributed by atoms with Crippen LogP contribution in [0.5, 0.6) is 5.75 Å². The standard InChI is InChI=1S/C23H23N3O4S/c1-13-11-16(12-24-25-21(28)15-7-9-17(27)10-8-15)14(2)26(13)22-20(23(29)30)18-5-3-4-6-19(18)31-22/h7-12,27H,3-6H2,1-2H3,(H,25,28)(H,29,30)/b24-12-. The number of aromatic hydroxyl groups is 1. The van der Waals surface area contributed by atoms with Crippen molar-refractivity contribution in [3.8, 4) is 10.8 Å². The maximum Gasteiger partial charge on any atom is 0.339 e. The maximum absolute atomic E-state index is 12.2. The number of carbonyl (C=O) groups is 2. The number of fused-ring (bicyclic) bond motifs is 1. The molecule has 2 aromatic heterocycles. The summed E-state index contributed by atoms with van der Waals surface area (Å²) < 4.78 is 1.97. The third-order valence-corrected chi connectivity index (χ3v) is 6.82. The second-order valence-electron chi connectivity index (χ2n) is 7.60. The highest BCUT2D eigenvalue weighted by molar-refractivity contribution is 7.15. The molecule has 1 aliphatic carbocycles. The molecule has 7 nitrogen and oxygen atoms in total. The highest BCUT2D eigenvalue weighted by Crippen LogP contribution is 2.38. The molecule has 1 amide bonds. The van der Waals surface area contributed by atoms with E-state index in [4.69, 9.17) is 0 Å². The molecule has 0 unspecified atom stereocenters. The molecule has 8 heteroatoms. The third kappa shape index (κ3) is 3.98. The predicted molar refractivity (Wildman–Crippen MR) is 120 cm³/mol. The first-order valence-corrected chi connectivity index (χ1v) is 10.9. The van der Waals surface area contributed by atoms with Gasteiger partial charge in [-0.3, -0.25) is 4.79 Å². The molecule has 0 spiro atoms. The van der Waals surface area contributed by atoms with Crippen molar-refractivity contribution in [3.05, 3.63) is 68.9 Å². The number of carbonyl (C=O) groups excluding carboxylic acids is 1. The lowest BCUT2D eigenvalue weighted by Crippen LogP contribution is -2.17. The van der Waals surface area contributed by atoms with E-state index >= 15 is 0 Å². The van der Waals surface area contributed by atoms with Gasteiger partial charge in [0.15, 0.2) is 0 Å². The van der Waals surface area contributed by atoms with Crippen LogP contribution in [-0.2, 0) is 12.8 Å². The molecule has 0 saturated heterocycles. The van der Waals surface area contributed by atoms with Crippen LogP contribution in [0.2, 0.25) is 0 Å². The summed E-state index contributed by atoms with van der Waals surface area (Å²) in [5.41, 5.74) is 6.81. The summed E-state index contributed by atoms with van der Waals surface area (Å²) in [4.78, 5) is 25.4. The Morgan fingerprint density at radius 1 is 1.16 bits per heavy atom. The third-order valence-electron chi connectivity index (χ3n) is 5.54. The second kappa shape index (κ2) is 8.39. The summed E-state index contributed by atoms with van der Waals surface area (Å²) in [5.74, 6) is -1.19. The number of hydrogen-bond acceptors (Lipinski definition) is 5. The van der Waals surface area contributed by atoms with Gasteiger partial charge in [0.1, 0.15) is 10.8 Å². The average Bonchev–Trinajstić information content (AvgIpc) is 3.25. The van der Waals surface area contributed by atoms with Crippen LogP contribution in [-0.4, -0.2) is 32.9 Å². The first-order valence-electron chi connectivity index (χ1n) is 10.1. The quantitative estimate of drug-likeness (QED) is 0.411. The summed E-state index contributed by atoms with van der Waals surface area (Å²) in [6, 6.07) is 7.83. The number of aromatic carboxylic acids is 1. The fraction of sp³-hybridized carbons (Fsp3) is 0.261. The minimum absolute atomic E-state index is 0.0866. The Bertz CT molecular complexity index is 1190. The first-order chi connectivity index (χ1) is 14.9. The van der Waals surface area contributed by atoms with Gasteiger partial charge in [-0.15, -0.1) is 11.3 Å².